The number of carbonyl (C=O) groups is 1. The maximum absolute atomic E-state index is 12.8. The van der Waals surface area contributed by atoms with Crippen LogP contribution in [0.1, 0.15) is 27.9 Å². The van der Waals surface area contributed by atoms with Gasteiger partial charge in [-0.15, -0.1) is 0 Å². The Morgan fingerprint density at radius 1 is 1.29 bits per heavy atom. The van der Waals surface area contributed by atoms with E-state index in [2.05, 4.69) is 0 Å². The zero-order valence-electron chi connectivity index (χ0n) is 12.9. The highest BCUT2D eigenvalue weighted by Crippen LogP contribution is 2.31. The monoisotopic (exact) mass is 343 g/mol. The minimum absolute atomic E-state index is 0.0682. The number of hydrogen-bond acceptors (Lipinski definition) is 4. The van der Waals surface area contributed by atoms with Gasteiger partial charge in [0, 0.05) is 18.1 Å². The standard InChI is InChI=1S/C18H14ClNO4/c1-11-3-2-4-14-17(21)13(7-8-24-18(11)14)9-12-5-6-15(19)16(10-12)20(22)23/h2-6,9-10H,7-8H2,1H3/b13-9-. The number of hydrogen-bond donors (Lipinski definition) is 0. The van der Waals surface area contributed by atoms with Crippen LogP contribution in [-0.4, -0.2) is 17.3 Å². The molecule has 122 valence electrons. The zero-order valence-corrected chi connectivity index (χ0v) is 13.7. The van der Waals surface area contributed by atoms with Crippen LogP contribution in [0.4, 0.5) is 5.69 Å². The van der Waals surface area contributed by atoms with Gasteiger partial charge in [-0.2, -0.15) is 0 Å². The van der Waals surface area contributed by atoms with E-state index in [1.54, 1.807) is 18.2 Å². The molecule has 6 heteroatoms. The molecule has 1 aliphatic heterocycles. The third kappa shape index (κ3) is 3.03. The third-order valence-corrected chi connectivity index (χ3v) is 4.19. The molecular weight excluding hydrogens is 330 g/mol. The van der Waals surface area contributed by atoms with E-state index in [1.165, 1.54) is 12.1 Å². The summed E-state index contributed by atoms with van der Waals surface area (Å²) >= 11 is 5.82. The first kappa shape index (κ1) is 16.2. The van der Waals surface area contributed by atoms with Crippen molar-refractivity contribution in [2.45, 2.75) is 13.3 Å². The number of fused-ring (bicyclic) bond motifs is 1. The summed E-state index contributed by atoms with van der Waals surface area (Å²) in [6.45, 7) is 2.27. The molecule has 0 bridgehead atoms. The van der Waals surface area contributed by atoms with Crippen LogP contribution in [0, 0.1) is 17.0 Å². The van der Waals surface area contributed by atoms with Crippen molar-refractivity contribution in [3.05, 3.63) is 73.8 Å². The summed E-state index contributed by atoms with van der Waals surface area (Å²) < 4.78 is 5.71. The third-order valence-electron chi connectivity index (χ3n) is 3.87. The van der Waals surface area contributed by atoms with Crippen molar-refractivity contribution in [2.75, 3.05) is 6.61 Å². The maximum atomic E-state index is 12.8. The number of rotatable bonds is 2. The lowest BCUT2D eigenvalue weighted by Gasteiger charge is -2.08. The molecule has 0 atom stereocenters. The molecule has 0 amide bonds. The van der Waals surface area contributed by atoms with E-state index < -0.39 is 4.92 Å². The number of nitrogens with zero attached hydrogens (tertiary/aromatic N) is 1. The topological polar surface area (TPSA) is 69.4 Å². The molecule has 24 heavy (non-hydrogen) atoms. The number of halogens is 1. The summed E-state index contributed by atoms with van der Waals surface area (Å²) in [5, 5.41) is 11.1. The molecule has 0 saturated carbocycles. The summed E-state index contributed by atoms with van der Waals surface area (Å²) in [4.78, 5) is 23.2. The van der Waals surface area contributed by atoms with Crippen molar-refractivity contribution >= 4 is 29.1 Å². The molecule has 0 saturated heterocycles. The number of nitro groups is 1. The maximum Gasteiger partial charge on any atom is 0.288 e. The van der Waals surface area contributed by atoms with Gasteiger partial charge in [-0.3, -0.25) is 14.9 Å². The molecule has 1 aliphatic rings. The first-order valence-corrected chi connectivity index (χ1v) is 7.77. The van der Waals surface area contributed by atoms with Crippen LogP contribution < -0.4 is 4.74 Å². The Morgan fingerprint density at radius 3 is 2.83 bits per heavy atom. The van der Waals surface area contributed by atoms with Crippen LogP contribution in [0.15, 0.2) is 42.0 Å². The summed E-state index contributed by atoms with van der Waals surface area (Å²) in [5.74, 6) is 0.483. The summed E-state index contributed by atoms with van der Waals surface area (Å²) in [7, 11) is 0. The van der Waals surface area contributed by atoms with Crippen molar-refractivity contribution in [3.8, 4) is 5.75 Å². The van der Waals surface area contributed by atoms with Gasteiger partial charge in [0.1, 0.15) is 10.8 Å². The molecule has 0 unspecified atom stereocenters. The second-order valence-corrected chi connectivity index (χ2v) is 5.92. The lowest BCUT2D eigenvalue weighted by atomic mass is 9.97. The first-order valence-electron chi connectivity index (χ1n) is 7.39. The predicted octanol–water partition coefficient (Wildman–Crippen LogP) is 4.61. The minimum Gasteiger partial charge on any atom is -0.492 e. The Balaban J connectivity index is 2.03. The summed E-state index contributed by atoms with van der Waals surface area (Å²) in [6.07, 6.45) is 2.09. The fourth-order valence-electron chi connectivity index (χ4n) is 2.67. The van der Waals surface area contributed by atoms with Crippen molar-refractivity contribution < 1.29 is 14.5 Å². The van der Waals surface area contributed by atoms with Crippen molar-refractivity contribution in [1.29, 1.82) is 0 Å². The van der Waals surface area contributed by atoms with Crippen LogP contribution in [0.3, 0.4) is 0 Å². The predicted molar refractivity (Wildman–Crippen MR) is 91.7 cm³/mol. The SMILES string of the molecule is Cc1cccc2c1OCC/C(=C/c1ccc(Cl)c([N+](=O)[O-])c1)C2=O. The van der Waals surface area contributed by atoms with E-state index in [9.17, 15) is 14.9 Å². The second-order valence-electron chi connectivity index (χ2n) is 5.52. The van der Waals surface area contributed by atoms with E-state index in [4.69, 9.17) is 16.3 Å². The highest BCUT2D eigenvalue weighted by molar-refractivity contribution is 6.32. The van der Waals surface area contributed by atoms with Gasteiger partial charge in [0.2, 0.25) is 0 Å². The summed E-state index contributed by atoms with van der Waals surface area (Å²) in [5.41, 5.74) is 2.35. The van der Waals surface area contributed by atoms with Gasteiger partial charge in [0.15, 0.2) is 5.78 Å². The Morgan fingerprint density at radius 2 is 2.08 bits per heavy atom. The molecule has 2 aromatic rings. The number of benzene rings is 2. The number of para-hydroxylation sites is 1. The molecule has 0 N–H and O–H groups in total. The fourth-order valence-corrected chi connectivity index (χ4v) is 2.86. The Bertz CT molecular complexity index is 873. The summed E-state index contributed by atoms with van der Waals surface area (Å²) in [6, 6.07) is 9.91. The van der Waals surface area contributed by atoms with Gasteiger partial charge in [-0.05, 0) is 36.3 Å². The Kier molecular flexibility index (Phi) is 4.36. The molecule has 3 rings (SSSR count). The van der Waals surface area contributed by atoms with E-state index in [0.29, 0.717) is 35.5 Å². The quantitative estimate of drug-likeness (QED) is 0.453. The van der Waals surface area contributed by atoms with Crippen LogP contribution in [0.25, 0.3) is 6.08 Å². The number of aryl methyl sites for hydroxylation is 1. The Labute approximate surface area is 143 Å². The van der Waals surface area contributed by atoms with Crippen molar-refractivity contribution in [2.24, 2.45) is 0 Å². The molecular formula is C18H14ClNO4. The molecule has 0 aliphatic carbocycles. The van der Waals surface area contributed by atoms with E-state index in [1.807, 2.05) is 19.1 Å². The van der Waals surface area contributed by atoms with Crippen molar-refractivity contribution in [3.63, 3.8) is 0 Å². The van der Waals surface area contributed by atoms with Gasteiger partial charge in [0.05, 0.1) is 17.1 Å². The number of ether oxygens (including phenoxy) is 1. The fraction of sp³-hybridized carbons (Fsp3) is 0.167. The van der Waals surface area contributed by atoms with Gasteiger partial charge in [-0.25, -0.2) is 0 Å². The van der Waals surface area contributed by atoms with E-state index >= 15 is 0 Å². The van der Waals surface area contributed by atoms with Gasteiger partial charge < -0.3 is 4.74 Å². The van der Waals surface area contributed by atoms with Crippen LogP contribution in [0.5, 0.6) is 5.75 Å². The highest BCUT2D eigenvalue weighted by atomic mass is 35.5. The normalized spacial score (nSPS) is 15.6. The lowest BCUT2D eigenvalue weighted by molar-refractivity contribution is -0.384. The number of Topliss-reactive ketones (excluding diaryl/α,β-unsaturated/α-hetero) is 1. The molecule has 0 aromatic heterocycles. The van der Waals surface area contributed by atoms with Gasteiger partial charge >= 0.3 is 0 Å². The number of nitro benzene ring substituents is 1. The van der Waals surface area contributed by atoms with Crippen LogP contribution in [-0.2, 0) is 0 Å². The zero-order chi connectivity index (χ0) is 17.3. The van der Waals surface area contributed by atoms with E-state index in [-0.39, 0.29) is 16.5 Å². The molecule has 2 aromatic carbocycles. The first-order chi connectivity index (χ1) is 11.5. The van der Waals surface area contributed by atoms with Gasteiger partial charge in [0.25, 0.3) is 5.69 Å². The average Bonchev–Trinajstić information content (AvgIpc) is 2.70. The average molecular weight is 344 g/mol. The van der Waals surface area contributed by atoms with Crippen molar-refractivity contribution in [1.82, 2.24) is 0 Å². The molecule has 0 spiro atoms. The van der Waals surface area contributed by atoms with E-state index in [0.717, 1.165) is 5.56 Å². The minimum atomic E-state index is -0.541. The smallest absolute Gasteiger partial charge is 0.288 e. The second kappa shape index (κ2) is 6.45. The molecule has 5 nitrogen and oxygen atoms in total. The molecule has 0 radical (unpaired) electrons. The number of carbonyl (C=O) groups excluding carboxylic acids is 1. The molecule has 0 fully saturated rings. The lowest BCUT2D eigenvalue weighted by Crippen LogP contribution is -2.02. The van der Waals surface area contributed by atoms with Crippen LogP contribution in [0.2, 0.25) is 5.02 Å². The van der Waals surface area contributed by atoms with Gasteiger partial charge in [-0.1, -0.05) is 29.8 Å². The molecule has 1 heterocycles. The van der Waals surface area contributed by atoms with Crippen LogP contribution >= 0.6 is 11.6 Å². The Hall–Kier alpha value is -2.66. The number of ketones is 1. The largest absolute Gasteiger partial charge is 0.492 e. The highest BCUT2D eigenvalue weighted by Gasteiger charge is 2.22.